The van der Waals surface area contributed by atoms with Gasteiger partial charge >= 0.3 is 0 Å². The van der Waals surface area contributed by atoms with E-state index in [-0.39, 0.29) is 22.3 Å². The maximum atomic E-state index is 12.5. The molecule has 0 fully saturated rings. The highest BCUT2D eigenvalue weighted by atomic mass is 32.2. The number of nitro benzene ring substituents is 1. The number of carbonyl (C=O) groups excluding carboxylic acids is 1. The normalized spacial score (nSPS) is 11.6. The fourth-order valence-electron chi connectivity index (χ4n) is 2.55. The molecular formula is C17H21N3O5S2. The van der Waals surface area contributed by atoms with E-state index < -0.39 is 14.9 Å². The van der Waals surface area contributed by atoms with Gasteiger partial charge in [-0.15, -0.1) is 11.3 Å². The highest BCUT2D eigenvalue weighted by Gasteiger charge is 2.23. The molecule has 0 saturated heterocycles. The number of carbonyl (C=O) groups is 1. The Bertz CT molecular complexity index is 949. The molecule has 0 spiro atoms. The summed E-state index contributed by atoms with van der Waals surface area (Å²) in [4.78, 5) is 23.3. The minimum atomic E-state index is -3.51. The average Bonchev–Trinajstić information content (AvgIpc) is 3.10. The van der Waals surface area contributed by atoms with E-state index in [0.29, 0.717) is 29.1 Å². The van der Waals surface area contributed by atoms with Crippen LogP contribution in [-0.4, -0.2) is 36.6 Å². The molecule has 2 rings (SSSR count). The minimum absolute atomic E-state index is 0.0453. The van der Waals surface area contributed by atoms with Gasteiger partial charge in [0.25, 0.3) is 21.6 Å². The van der Waals surface area contributed by atoms with Gasteiger partial charge in [0.15, 0.2) is 0 Å². The van der Waals surface area contributed by atoms with Crippen molar-refractivity contribution < 1.29 is 18.1 Å². The molecular weight excluding hydrogens is 390 g/mol. The summed E-state index contributed by atoms with van der Waals surface area (Å²) in [7, 11) is -3.51. The van der Waals surface area contributed by atoms with Crippen LogP contribution in [-0.2, 0) is 16.6 Å². The van der Waals surface area contributed by atoms with Gasteiger partial charge in [-0.1, -0.05) is 13.8 Å². The number of sulfonamides is 1. The lowest BCUT2D eigenvalue weighted by Gasteiger charge is -2.16. The van der Waals surface area contributed by atoms with Crippen molar-refractivity contribution in [3.63, 3.8) is 0 Å². The first-order valence-corrected chi connectivity index (χ1v) is 10.6. The van der Waals surface area contributed by atoms with Crippen molar-refractivity contribution in [3.8, 4) is 0 Å². The predicted octanol–water partition coefficient (Wildman–Crippen LogP) is 2.93. The lowest BCUT2D eigenvalue weighted by molar-refractivity contribution is -0.385. The maximum Gasteiger partial charge on any atom is 0.272 e. The standard InChI is InChI=1S/C17H21N3O5S2/c1-4-19(5-2)27(24,25)16-9-7-14(26-16)11-18-17(21)13-6-8-15(20(22)23)12(3)10-13/h6-10H,4-5,11H2,1-3H3,(H,18,21). The number of nitrogens with one attached hydrogen (secondary N) is 1. The number of benzene rings is 1. The molecule has 0 saturated carbocycles. The molecule has 0 unspecified atom stereocenters. The first kappa shape index (κ1) is 21.0. The summed E-state index contributed by atoms with van der Waals surface area (Å²) in [5.41, 5.74) is 0.665. The third-order valence-electron chi connectivity index (χ3n) is 4.02. The van der Waals surface area contributed by atoms with Crippen molar-refractivity contribution in [2.75, 3.05) is 13.1 Å². The lowest BCUT2D eigenvalue weighted by atomic mass is 10.1. The van der Waals surface area contributed by atoms with Crippen molar-refractivity contribution in [1.82, 2.24) is 9.62 Å². The van der Waals surface area contributed by atoms with Gasteiger partial charge < -0.3 is 5.32 Å². The van der Waals surface area contributed by atoms with Crippen LogP contribution in [0.5, 0.6) is 0 Å². The Balaban J connectivity index is 2.08. The molecule has 8 nitrogen and oxygen atoms in total. The zero-order chi connectivity index (χ0) is 20.2. The molecule has 1 amide bonds. The van der Waals surface area contributed by atoms with Crippen LogP contribution >= 0.6 is 11.3 Å². The number of nitro groups is 1. The van der Waals surface area contributed by atoms with E-state index in [1.165, 1.54) is 28.6 Å². The van der Waals surface area contributed by atoms with Gasteiger partial charge in [0.1, 0.15) is 4.21 Å². The van der Waals surface area contributed by atoms with Crippen LogP contribution in [0.1, 0.15) is 34.6 Å². The smallest absolute Gasteiger partial charge is 0.272 e. The highest BCUT2D eigenvalue weighted by Crippen LogP contribution is 2.25. The first-order chi connectivity index (χ1) is 12.7. The Morgan fingerprint density at radius 3 is 2.44 bits per heavy atom. The van der Waals surface area contributed by atoms with Crippen LogP contribution in [0.25, 0.3) is 0 Å². The molecule has 2 aromatic rings. The number of nitrogens with zero attached hydrogens (tertiary/aromatic N) is 2. The first-order valence-electron chi connectivity index (χ1n) is 8.32. The summed E-state index contributed by atoms with van der Waals surface area (Å²) >= 11 is 1.11. The summed E-state index contributed by atoms with van der Waals surface area (Å²) in [6.07, 6.45) is 0. The van der Waals surface area contributed by atoms with E-state index >= 15 is 0 Å². The number of hydrogen-bond donors (Lipinski definition) is 1. The third kappa shape index (κ3) is 4.71. The van der Waals surface area contributed by atoms with Gasteiger partial charge in [-0.25, -0.2) is 8.42 Å². The Kier molecular flexibility index (Phi) is 6.68. The Hall–Kier alpha value is -2.30. The summed E-state index contributed by atoms with van der Waals surface area (Å²) in [5.74, 6) is -0.380. The molecule has 0 atom stereocenters. The molecule has 0 bridgehead atoms. The van der Waals surface area contributed by atoms with E-state index in [9.17, 15) is 23.3 Å². The Morgan fingerprint density at radius 1 is 1.22 bits per heavy atom. The van der Waals surface area contributed by atoms with E-state index in [4.69, 9.17) is 0 Å². The molecule has 1 aromatic heterocycles. The van der Waals surface area contributed by atoms with Gasteiger partial charge in [0, 0.05) is 35.2 Å². The monoisotopic (exact) mass is 411 g/mol. The van der Waals surface area contributed by atoms with Gasteiger partial charge in [-0.2, -0.15) is 4.31 Å². The number of amides is 1. The van der Waals surface area contributed by atoms with Gasteiger partial charge in [-0.05, 0) is 31.2 Å². The second kappa shape index (κ2) is 8.59. The molecule has 1 N–H and O–H groups in total. The Morgan fingerprint density at radius 2 is 1.89 bits per heavy atom. The number of hydrogen-bond acceptors (Lipinski definition) is 6. The van der Waals surface area contributed by atoms with Crippen molar-refractivity contribution in [2.45, 2.75) is 31.5 Å². The van der Waals surface area contributed by atoms with Crippen molar-refractivity contribution in [3.05, 3.63) is 56.5 Å². The van der Waals surface area contributed by atoms with Crippen molar-refractivity contribution >= 4 is 33.0 Å². The van der Waals surface area contributed by atoms with Crippen LogP contribution < -0.4 is 5.32 Å². The maximum absolute atomic E-state index is 12.5. The average molecular weight is 412 g/mol. The van der Waals surface area contributed by atoms with E-state index in [2.05, 4.69) is 5.32 Å². The largest absolute Gasteiger partial charge is 0.347 e. The highest BCUT2D eigenvalue weighted by molar-refractivity contribution is 7.91. The van der Waals surface area contributed by atoms with Crippen LogP contribution in [0.4, 0.5) is 5.69 Å². The fourth-order valence-corrected chi connectivity index (χ4v) is 5.46. The van der Waals surface area contributed by atoms with Crippen LogP contribution in [0.2, 0.25) is 0 Å². The molecule has 0 radical (unpaired) electrons. The second-order valence-electron chi connectivity index (χ2n) is 5.75. The zero-order valence-electron chi connectivity index (χ0n) is 15.3. The molecule has 0 aliphatic rings. The predicted molar refractivity (Wildman–Crippen MR) is 103 cm³/mol. The summed E-state index contributed by atoms with van der Waals surface area (Å²) in [5, 5.41) is 13.5. The topological polar surface area (TPSA) is 110 Å². The van der Waals surface area contributed by atoms with E-state index in [1.54, 1.807) is 26.8 Å². The van der Waals surface area contributed by atoms with E-state index in [1.807, 2.05) is 0 Å². The van der Waals surface area contributed by atoms with Crippen molar-refractivity contribution in [2.24, 2.45) is 0 Å². The van der Waals surface area contributed by atoms with Crippen LogP contribution in [0.3, 0.4) is 0 Å². The summed E-state index contributed by atoms with van der Waals surface area (Å²) < 4.78 is 26.6. The van der Waals surface area contributed by atoms with Gasteiger partial charge in [0.2, 0.25) is 0 Å². The molecule has 146 valence electrons. The molecule has 1 heterocycles. The molecule has 1 aromatic carbocycles. The fraction of sp³-hybridized carbons (Fsp3) is 0.353. The van der Waals surface area contributed by atoms with Crippen LogP contribution in [0, 0.1) is 17.0 Å². The van der Waals surface area contributed by atoms with Crippen LogP contribution in [0.15, 0.2) is 34.5 Å². The van der Waals surface area contributed by atoms with Gasteiger partial charge in [-0.3, -0.25) is 14.9 Å². The van der Waals surface area contributed by atoms with Crippen molar-refractivity contribution in [1.29, 1.82) is 0 Å². The Labute approximate surface area is 162 Å². The molecule has 0 aliphatic carbocycles. The number of aryl methyl sites for hydroxylation is 1. The number of rotatable bonds is 8. The number of thiophene rings is 1. The second-order valence-corrected chi connectivity index (χ2v) is 9.08. The summed E-state index contributed by atoms with van der Waals surface area (Å²) in [6.45, 7) is 6.08. The zero-order valence-corrected chi connectivity index (χ0v) is 16.9. The lowest BCUT2D eigenvalue weighted by Crippen LogP contribution is -2.30. The quantitative estimate of drug-likeness (QED) is 0.530. The molecule has 10 heteroatoms. The summed E-state index contributed by atoms with van der Waals surface area (Å²) in [6, 6.07) is 7.35. The van der Waals surface area contributed by atoms with Gasteiger partial charge in [0.05, 0.1) is 11.5 Å². The minimum Gasteiger partial charge on any atom is -0.347 e. The van der Waals surface area contributed by atoms with E-state index in [0.717, 1.165) is 11.3 Å². The molecule has 0 aliphatic heterocycles. The third-order valence-corrected chi connectivity index (χ3v) is 7.62. The SMILES string of the molecule is CCN(CC)S(=O)(=O)c1ccc(CNC(=O)c2ccc([N+](=O)[O-])c(C)c2)s1. The molecule has 27 heavy (non-hydrogen) atoms.